The van der Waals surface area contributed by atoms with Gasteiger partial charge in [0.1, 0.15) is 10.7 Å². The molecule has 2 N–H and O–H groups in total. The van der Waals surface area contributed by atoms with E-state index < -0.39 is 20.7 Å². The lowest BCUT2D eigenvalue weighted by Gasteiger charge is -2.21. The van der Waals surface area contributed by atoms with Crippen LogP contribution in [0.5, 0.6) is 0 Å². The first kappa shape index (κ1) is 19.2. The summed E-state index contributed by atoms with van der Waals surface area (Å²) in [5.41, 5.74) is 1.46. The summed E-state index contributed by atoms with van der Waals surface area (Å²) in [6.45, 7) is 0. The first-order valence-corrected chi connectivity index (χ1v) is 11.4. The second-order valence-electron chi connectivity index (χ2n) is 6.58. The number of thiazole rings is 1. The van der Waals surface area contributed by atoms with Gasteiger partial charge in [-0.1, -0.05) is 41.9 Å². The molecule has 1 aromatic heterocycles. The Morgan fingerprint density at radius 1 is 1.21 bits per heavy atom. The first-order valence-electron chi connectivity index (χ1n) is 8.67. The molecule has 1 aliphatic carbocycles. The lowest BCUT2D eigenvalue weighted by molar-refractivity contribution is 0.570. The van der Waals surface area contributed by atoms with Crippen LogP contribution in [0.4, 0.5) is 15.2 Å². The van der Waals surface area contributed by atoms with Gasteiger partial charge in [0.15, 0.2) is 5.13 Å². The van der Waals surface area contributed by atoms with Crippen LogP contribution in [-0.4, -0.2) is 13.4 Å². The minimum Gasteiger partial charge on any atom is -0.377 e. The molecule has 1 unspecified atom stereocenters. The van der Waals surface area contributed by atoms with Crippen molar-refractivity contribution in [2.24, 2.45) is 5.92 Å². The molecule has 9 heteroatoms. The number of benzene rings is 2. The number of rotatable bonds is 7. The minimum atomic E-state index is -4.13. The van der Waals surface area contributed by atoms with Gasteiger partial charge in [-0.05, 0) is 36.5 Å². The Hall–Kier alpha value is -2.16. The van der Waals surface area contributed by atoms with Gasteiger partial charge >= 0.3 is 0 Å². The highest BCUT2D eigenvalue weighted by atomic mass is 35.5. The molecule has 0 aliphatic heterocycles. The van der Waals surface area contributed by atoms with E-state index in [-0.39, 0.29) is 16.2 Å². The van der Waals surface area contributed by atoms with Crippen LogP contribution in [0.15, 0.2) is 58.9 Å². The average molecular weight is 438 g/mol. The summed E-state index contributed by atoms with van der Waals surface area (Å²) >= 11 is 7.42. The number of hydrogen-bond acceptors (Lipinski definition) is 5. The Kier molecular flexibility index (Phi) is 5.27. The fourth-order valence-electron chi connectivity index (χ4n) is 3.02. The molecule has 4 rings (SSSR count). The lowest BCUT2D eigenvalue weighted by Crippen LogP contribution is -2.16. The van der Waals surface area contributed by atoms with E-state index in [0.29, 0.717) is 11.6 Å². The standard InChI is InChI=1S/C19H17ClFN3O2S2/c20-14-10-17(28(25,26)24-19-22-8-9-27-19)15(21)11-16(14)23-18(13-6-7-13)12-4-2-1-3-5-12/h1-5,8-11,13,18,23H,6-7H2,(H,22,24). The SMILES string of the molecule is O=S(=O)(Nc1nccs1)c1cc(Cl)c(NC(c2ccccc2)C2CC2)cc1F. The third kappa shape index (κ3) is 4.14. The van der Waals surface area contributed by atoms with Crippen molar-refractivity contribution in [3.8, 4) is 0 Å². The van der Waals surface area contributed by atoms with Gasteiger partial charge in [0.25, 0.3) is 10.0 Å². The molecule has 3 aromatic rings. The van der Waals surface area contributed by atoms with Gasteiger partial charge in [-0.3, -0.25) is 4.72 Å². The Labute approximate surface area is 171 Å². The molecule has 1 fully saturated rings. The molecule has 0 spiro atoms. The van der Waals surface area contributed by atoms with Crippen molar-refractivity contribution < 1.29 is 12.8 Å². The first-order chi connectivity index (χ1) is 13.4. The molecule has 0 amide bonds. The number of nitrogens with zero attached hydrogens (tertiary/aromatic N) is 1. The van der Waals surface area contributed by atoms with Gasteiger partial charge in [-0.25, -0.2) is 17.8 Å². The molecule has 28 heavy (non-hydrogen) atoms. The van der Waals surface area contributed by atoms with Crippen LogP contribution in [0.25, 0.3) is 0 Å². The molecule has 1 aliphatic rings. The third-order valence-corrected chi connectivity index (χ3v) is 7.01. The Bertz CT molecular complexity index is 1070. The van der Waals surface area contributed by atoms with Gasteiger partial charge in [-0.2, -0.15) is 0 Å². The number of halogens is 2. The zero-order chi connectivity index (χ0) is 19.7. The van der Waals surface area contributed by atoms with Crippen LogP contribution in [0, 0.1) is 11.7 Å². The molecular formula is C19H17ClFN3O2S2. The number of nitrogens with one attached hydrogen (secondary N) is 2. The summed E-state index contributed by atoms with van der Waals surface area (Å²) in [6.07, 6.45) is 3.62. The highest BCUT2D eigenvalue weighted by Gasteiger charge is 2.33. The van der Waals surface area contributed by atoms with E-state index in [4.69, 9.17) is 11.6 Å². The largest absolute Gasteiger partial charge is 0.377 e. The fraction of sp³-hybridized carbons (Fsp3) is 0.211. The van der Waals surface area contributed by atoms with E-state index in [9.17, 15) is 12.8 Å². The smallest absolute Gasteiger partial charge is 0.266 e. The zero-order valence-corrected chi connectivity index (χ0v) is 17.0. The number of anilines is 2. The quantitative estimate of drug-likeness (QED) is 0.526. The van der Waals surface area contributed by atoms with Crippen molar-refractivity contribution in [3.63, 3.8) is 0 Å². The van der Waals surface area contributed by atoms with E-state index in [1.807, 2.05) is 30.3 Å². The van der Waals surface area contributed by atoms with Gasteiger partial charge in [0, 0.05) is 11.6 Å². The van der Waals surface area contributed by atoms with E-state index in [0.717, 1.165) is 41.9 Å². The summed E-state index contributed by atoms with van der Waals surface area (Å²) < 4.78 is 41.9. The Balaban J connectivity index is 1.62. The van der Waals surface area contributed by atoms with Crippen LogP contribution in [0.1, 0.15) is 24.4 Å². The molecule has 0 bridgehead atoms. The molecule has 1 saturated carbocycles. The topological polar surface area (TPSA) is 71.1 Å². The van der Waals surface area contributed by atoms with Crippen molar-refractivity contribution in [1.29, 1.82) is 0 Å². The van der Waals surface area contributed by atoms with Crippen molar-refractivity contribution in [1.82, 2.24) is 4.98 Å². The predicted octanol–water partition coefficient (Wildman–Crippen LogP) is 5.30. The fourth-order valence-corrected chi connectivity index (χ4v) is 5.18. The van der Waals surface area contributed by atoms with E-state index in [2.05, 4.69) is 15.0 Å². The van der Waals surface area contributed by atoms with Crippen molar-refractivity contribution in [2.45, 2.75) is 23.8 Å². The number of aromatic nitrogens is 1. The summed E-state index contributed by atoms with van der Waals surface area (Å²) in [4.78, 5) is 3.34. The molecule has 0 radical (unpaired) electrons. The van der Waals surface area contributed by atoms with Gasteiger partial charge in [0.2, 0.25) is 0 Å². The summed E-state index contributed by atoms with van der Waals surface area (Å²) in [5, 5.41) is 5.22. The van der Waals surface area contributed by atoms with Crippen LogP contribution in [0.3, 0.4) is 0 Å². The highest BCUT2D eigenvalue weighted by molar-refractivity contribution is 7.93. The van der Waals surface area contributed by atoms with E-state index >= 15 is 0 Å². The molecule has 1 heterocycles. The van der Waals surface area contributed by atoms with Crippen molar-refractivity contribution in [3.05, 3.63) is 70.4 Å². The van der Waals surface area contributed by atoms with E-state index in [1.54, 1.807) is 5.38 Å². The molecule has 0 saturated heterocycles. The molecule has 5 nitrogen and oxygen atoms in total. The normalized spacial score (nSPS) is 15.2. The predicted molar refractivity (Wildman–Crippen MR) is 110 cm³/mol. The molecule has 2 aromatic carbocycles. The Morgan fingerprint density at radius 3 is 2.61 bits per heavy atom. The number of hydrogen-bond donors (Lipinski definition) is 2. The maximum Gasteiger partial charge on any atom is 0.266 e. The van der Waals surface area contributed by atoms with Gasteiger partial charge in [-0.15, -0.1) is 11.3 Å². The van der Waals surface area contributed by atoms with Crippen molar-refractivity contribution in [2.75, 3.05) is 10.0 Å². The van der Waals surface area contributed by atoms with E-state index in [1.165, 1.54) is 6.20 Å². The van der Waals surface area contributed by atoms with Crippen LogP contribution >= 0.6 is 22.9 Å². The Morgan fingerprint density at radius 2 is 1.96 bits per heavy atom. The monoisotopic (exact) mass is 437 g/mol. The maximum atomic E-state index is 14.7. The summed E-state index contributed by atoms with van der Waals surface area (Å²) in [5.74, 6) is -0.435. The average Bonchev–Trinajstić information content (AvgIpc) is 3.39. The number of sulfonamides is 1. The van der Waals surface area contributed by atoms with Crippen molar-refractivity contribution >= 4 is 43.8 Å². The lowest BCUT2D eigenvalue weighted by atomic mass is 10.0. The second-order valence-corrected chi connectivity index (χ2v) is 9.53. The zero-order valence-electron chi connectivity index (χ0n) is 14.6. The minimum absolute atomic E-state index is 0.00555. The summed E-state index contributed by atoms with van der Waals surface area (Å²) in [6, 6.07) is 12.1. The third-order valence-electron chi connectivity index (χ3n) is 4.53. The molecular weight excluding hydrogens is 421 g/mol. The van der Waals surface area contributed by atoms with Gasteiger partial charge < -0.3 is 5.32 Å². The molecule has 146 valence electrons. The summed E-state index contributed by atoms with van der Waals surface area (Å²) in [7, 11) is -4.13. The van der Waals surface area contributed by atoms with Crippen LogP contribution in [0.2, 0.25) is 5.02 Å². The highest BCUT2D eigenvalue weighted by Crippen LogP contribution is 2.44. The second kappa shape index (κ2) is 7.69. The van der Waals surface area contributed by atoms with Gasteiger partial charge in [0.05, 0.1) is 16.8 Å². The van der Waals surface area contributed by atoms with Crippen LogP contribution in [-0.2, 0) is 10.0 Å². The maximum absolute atomic E-state index is 14.7. The molecule has 1 atom stereocenters. The van der Waals surface area contributed by atoms with Crippen LogP contribution < -0.4 is 10.0 Å².